The summed E-state index contributed by atoms with van der Waals surface area (Å²) in [6.45, 7) is 2.47. The van der Waals surface area contributed by atoms with Gasteiger partial charge in [0, 0.05) is 44.1 Å². The molecule has 1 aliphatic heterocycles. The van der Waals surface area contributed by atoms with Crippen molar-refractivity contribution < 1.29 is 14.0 Å². The molecule has 0 saturated carbocycles. The molecule has 1 aromatic carbocycles. The minimum absolute atomic E-state index is 0.0223. The normalized spacial score (nSPS) is 15.0. The van der Waals surface area contributed by atoms with Crippen molar-refractivity contribution in [2.75, 3.05) is 24.5 Å². The van der Waals surface area contributed by atoms with Gasteiger partial charge in [-0.15, -0.1) is 0 Å². The predicted octanol–water partition coefficient (Wildman–Crippen LogP) is 2.75. The molecule has 3 rings (SSSR count). The molecule has 28 heavy (non-hydrogen) atoms. The van der Waals surface area contributed by atoms with E-state index < -0.39 is 0 Å². The van der Waals surface area contributed by atoms with Crippen LogP contribution in [0.2, 0.25) is 0 Å². The third-order valence-electron chi connectivity index (χ3n) is 5.32. The standard InChI is InChI=1S/C21H27FN4O2/c22-17-4-5-18-16(14-17)7-11-25-21(18)26-12-8-15(9-13-26)6-10-24-20(28)3-1-2-19(23)27/h4-5,7,11,14-15H,1-3,6,8-10,12-13H2,(H2,23,27)(H,24,28). The Hall–Kier alpha value is -2.70. The first-order chi connectivity index (χ1) is 13.5. The summed E-state index contributed by atoms with van der Waals surface area (Å²) in [7, 11) is 0. The van der Waals surface area contributed by atoms with Crippen LogP contribution in [0.4, 0.5) is 10.2 Å². The Morgan fingerprint density at radius 3 is 2.75 bits per heavy atom. The van der Waals surface area contributed by atoms with Gasteiger partial charge in [-0.3, -0.25) is 9.59 Å². The number of pyridine rings is 1. The molecule has 1 aliphatic rings. The molecular formula is C21H27FN4O2. The van der Waals surface area contributed by atoms with Crippen LogP contribution in [0.1, 0.15) is 38.5 Å². The minimum atomic E-state index is -0.370. The van der Waals surface area contributed by atoms with Crippen LogP contribution in [-0.4, -0.2) is 36.4 Å². The fourth-order valence-electron chi connectivity index (χ4n) is 3.75. The number of anilines is 1. The molecule has 0 radical (unpaired) electrons. The van der Waals surface area contributed by atoms with E-state index in [0.717, 1.165) is 48.9 Å². The first kappa shape index (κ1) is 20.0. The van der Waals surface area contributed by atoms with E-state index in [1.165, 1.54) is 6.07 Å². The van der Waals surface area contributed by atoms with Crippen LogP contribution >= 0.6 is 0 Å². The zero-order valence-corrected chi connectivity index (χ0v) is 16.0. The third-order valence-corrected chi connectivity index (χ3v) is 5.32. The van der Waals surface area contributed by atoms with Crippen molar-refractivity contribution in [3.8, 4) is 0 Å². The molecule has 1 aromatic heterocycles. The molecule has 1 fully saturated rings. The van der Waals surface area contributed by atoms with Crippen molar-refractivity contribution in [1.29, 1.82) is 0 Å². The van der Waals surface area contributed by atoms with Crippen LogP contribution in [0, 0.1) is 11.7 Å². The second-order valence-corrected chi connectivity index (χ2v) is 7.39. The summed E-state index contributed by atoms with van der Waals surface area (Å²) in [4.78, 5) is 29.2. The number of carbonyl (C=O) groups is 2. The highest BCUT2D eigenvalue weighted by Crippen LogP contribution is 2.29. The van der Waals surface area contributed by atoms with E-state index in [4.69, 9.17) is 5.73 Å². The summed E-state index contributed by atoms with van der Waals surface area (Å²) in [5.74, 6) is 0.851. The number of aromatic nitrogens is 1. The number of fused-ring (bicyclic) bond motifs is 1. The molecule has 1 saturated heterocycles. The highest BCUT2D eigenvalue weighted by Gasteiger charge is 2.21. The maximum Gasteiger partial charge on any atom is 0.220 e. The van der Waals surface area contributed by atoms with Crippen LogP contribution in [0.25, 0.3) is 10.8 Å². The van der Waals surface area contributed by atoms with Crippen LogP contribution in [0.15, 0.2) is 30.5 Å². The van der Waals surface area contributed by atoms with Crippen molar-refractivity contribution in [2.24, 2.45) is 11.7 Å². The molecule has 2 heterocycles. The average Bonchev–Trinajstić information content (AvgIpc) is 2.67. The lowest BCUT2D eigenvalue weighted by molar-refractivity contribution is -0.121. The Bertz CT molecular complexity index is 834. The van der Waals surface area contributed by atoms with Crippen molar-refractivity contribution >= 4 is 28.4 Å². The summed E-state index contributed by atoms with van der Waals surface area (Å²) >= 11 is 0. The first-order valence-electron chi connectivity index (χ1n) is 9.87. The number of halogens is 1. The molecule has 3 N–H and O–H groups in total. The van der Waals surface area contributed by atoms with Gasteiger partial charge in [0.05, 0.1) is 0 Å². The number of hydrogen-bond donors (Lipinski definition) is 2. The number of carbonyl (C=O) groups excluding carboxylic acids is 2. The summed E-state index contributed by atoms with van der Waals surface area (Å²) in [5.41, 5.74) is 5.07. The van der Waals surface area contributed by atoms with Gasteiger partial charge < -0.3 is 16.0 Å². The predicted molar refractivity (Wildman–Crippen MR) is 107 cm³/mol. The number of benzene rings is 1. The Morgan fingerprint density at radius 1 is 1.21 bits per heavy atom. The Kier molecular flexibility index (Phi) is 6.79. The van der Waals surface area contributed by atoms with Crippen molar-refractivity contribution in [3.05, 3.63) is 36.3 Å². The van der Waals surface area contributed by atoms with Crippen LogP contribution in [0.3, 0.4) is 0 Å². The Balaban J connectivity index is 1.44. The minimum Gasteiger partial charge on any atom is -0.370 e. The van der Waals surface area contributed by atoms with Gasteiger partial charge >= 0.3 is 0 Å². The topological polar surface area (TPSA) is 88.3 Å². The van der Waals surface area contributed by atoms with E-state index in [0.29, 0.717) is 25.3 Å². The van der Waals surface area contributed by atoms with Gasteiger partial charge in [0.2, 0.25) is 11.8 Å². The summed E-state index contributed by atoms with van der Waals surface area (Å²) in [6.07, 6.45) is 5.85. The molecule has 150 valence electrons. The molecule has 0 bridgehead atoms. The molecule has 0 spiro atoms. The zero-order valence-electron chi connectivity index (χ0n) is 16.0. The van der Waals surface area contributed by atoms with E-state index in [-0.39, 0.29) is 24.1 Å². The fraction of sp³-hybridized carbons (Fsp3) is 0.476. The van der Waals surface area contributed by atoms with E-state index >= 15 is 0 Å². The average molecular weight is 386 g/mol. The lowest BCUT2D eigenvalue weighted by Crippen LogP contribution is -2.35. The van der Waals surface area contributed by atoms with Crippen LogP contribution in [-0.2, 0) is 9.59 Å². The maximum absolute atomic E-state index is 13.5. The van der Waals surface area contributed by atoms with Gasteiger partial charge in [-0.1, -0.05) is 0 Å². The largest absolute Gasteiger partial charge is 0.370 e. The highest BCUT2D eigenvalue weighted by atomic mass is 19.1. The molecule has 7 heteroatoms. The quantitative estimate of drug-likeness (QED) is 0.730. The molecule has 0 unspecified atom stereocenters. The number of nitrogens with two attached hydrogens (primary N) is 1. The number of primary amides is 1. The number of rotatable bonds is 8. The maximum atomic E-state index is 13.5. The van der Waals surface area contributed by atoms with Gasteiger partial charge in [-0.05, 0) is 61.3 Å². The summed E-state index contributed by atoms with van der Waals surface area (Å²) in [5, 5.41) is 4.77. The number of nitrogens with one attached hydrogen (secondary N) is 1. The molecular weight excluding hydrogens is 359 g/mol. The van der Waals surface area contributed by atoms with Gasteiger partial charge in [-0.2, -0.15) is 0 Å². The van der Waals surface area contributed by atoms with Gasteiger partial charge in [0.15, 0.2) is 0 Å². The molecule has 2 aromatic rings. The Labute approximate surface area is 164 Å². The molecule has 0 atom stereocenters. The monoisotopic (exact) mass is 386 g/mol. The van der Waals surface area contributed by atoms with Crippen molar-refractivity contribution in [2.45, 2.75) is 38.5 Å². The second kappa shape index (κ2) is 9.48. The number of hydrogen-bond acceptors (Lipinski definition) is 4. The smallest absolute Gasteiger partial charge is 0.220 e. The van der Waals surface area contributed by atoms with E-state index in [2.05, 4.69) is 15.2 Å². The van der Waals surface area contributed by atoms with Gasteiger partial charge in [0.25, 0.3) is 0 Å². The van der Waals surface area contributed by atoms with Crippen LogP contribution < -0.4 is 16.0 Å². The van der Waals surface area contributed by atoms with Crippen molar-refractivity contribution in [1.82, 2.24) is 10.3 Å². The zero-order chi connectivity index (χ0) is 19.9. The number of piperidine rings is 1. The van der Waals surface area contributed by atoms with Crippen LogP contribution in [0.5, 0.6) is 0 Å². The lowest BCUT2D eigenvalue weighted by Gasteiger charge is -2.33. The SMILES string of the molecule is NC(=O)CCCC(=O)NCCC1CCN(c2nccc3cc(F)ccc23)CC1. The first-order valence-corrected chi connectivity index (χ1v) is 9.87. The van der Waals surface area contributed by atoms with E-state index in [1.807, 2.05) is 6.07 Å². The fourth-order valence-corrected chi connectivity index (χ4v) is 3.75. The summed E-state index contributed by atoms with van der Waals surface area (Å²) in [6, 6.07) is 6.65. The second-order valence-electron chi connectivity index (χ2n) is 7.39. The van der Waals surface area contributed by atoms with E-state index in [1.54, 1.807) is 18.3 Å². The Morgan fingerprint density at radius 2 is 2.00 bits per heavy atom. The van der Waals surface area contributed by atoms with E-state index in [9.17, 15) is 14.0 Å². The lowest BCUT2D eigenvalue weighted by atomic mass is 9.93. The van der Waals surface area contributed by atoms with Gasteiger partial charge in [-0.25, -0.2) is 9.37 Å². The highest BCUT2D eigenvalue weighted by molar-refractivity contribution is 5.92. The molecule has 0 aliphatic carbocycles. The van der Waals surface area contributed by atoms with Crippen molar-refractivity contribution in [3.63, 3.8) is 0 Å². The number of nitrogens with zero attached hydrogens (tertiary/aromatic N) is 2. The molecule has 6 nitrogen and oxygen atoms in total. The third kappa shape index (κ3) is 5.41. The molecule has 2 amide bonds. The summed E-state index contributed by atoms with van der Waals surface area (Å²) < 4.78 is 13.5. The van der Waals surface area contributed by atoms with Gasteiger partial charge in [0.1, 0.15) is 11.6 Å². The number of amides is 2.